The lowest BCUT2D eigenvalue weighted by molar-refractivity contribution is -0.647. The molecule has 0 aliphatic carbocycles. The van der Waals surface area contributed by atoms with Gasteiger partial charge in [0, 0.05) is 41.2 Å². The molecule has 0 amide bonds. The van der Waals surface area contributed by atoms with E-state index < -0.39 is 0 Å². The summed E-state index contributed by atoms with van der Waals surface area (Å²) in [6, 6.07) is 25.8. The van der Waals surface area contributed by atoms with Gasteiger partial charge in [-0.3, -0.25) is 0 Å². The fraction of sp³-hybridized carbons (Fsp3) is 0.125. The van der Waals surface area contributed by atoms with Gasteiger partial charge in [0.2, 0.25) is 0 Å². The predicted molar refractivity (Wildman–Crippen MR) is 112 cm³/mol. The number of aromatic nitrogens is 2. The van der Waals surface area contributed by atoms with Crippen molar-refractivity contribution in [3.8, 4) is 0 Å². The quantitative estimate of drug-likeness (QED) is 0.453. The normalized spacial score (nSPS) is 12.9. The number of nitrogens with zero attached hydrogens (tertiary/aromatic N) is 3. The summed E-state index contributed by atoms with van der Waals surface area (Å²) < 4.78 is 4.54. The molecule has 0 bridgehead atoms. The van der Waals surface area contributed by atoms with Crippen molar-refractivity contribution in [1.82, 2.24) is 4.57 Å². The molecule has 0 unspecified atom stereocenters. The van der Waals surface area contributed by atoms with Gasteiger partial charge in [0.15, 0.2) is 11.0 Å². The molecule has 2 heterocycles. The molecule has 3 aromatic carbocycles. The van der Waals surface area contributed by atoms with E-state index in [0.717, 1.165) is 0 Å². The van der Waals surface area contributed by atoms with Crippen molar-refractivity contribution in [2.24, 2.45) is 14.1 Å². The molecule has 0 saturated heterocycles. The van der Waals surface area contributed by atoms with Crippen molar-refractivity contribution in [2.45, 2.75) is 0 Å². The summed E-state index contributed by atoms with van der Waals surface area (Å²) in [5, 5.41) is 0. The van der Waals surface area contributed by atoms with E-state index in [-0.39, 0.29) is 0 Å². The van der Waals surface area contributed by atoms with Gasteiger partial charge in [0.1, 0.15) is 0 Å². The fourth-order valence-corrected chi connectivity index (χ4v) is 4.24. The first kappa shape index (κ1) is 15.9. The molecule has 5 rings (SSSR count). The Kier molecular flexibility index (Phi) is 3.44. The number of aryl methyl sites for hydroxylation is 2. The van der Waals surface area contributed by atoms with Gasteiger partial charge in [0.25, 0.3) is 5.82 Å². The summed E-state index contributed by atoms with van der Waals surface area (Å²) in [4.78, 5) is 2.28. The summed E-state index contributed by atoms with van der Waals surface area (Å²) in [7, 11) is 6.42. The van der Waals surface area contributed by atoms with Crippen molar-refractivity contribution in [3.63, 3.8) is 0 Å². The number of hydrogen-bond donors (Lipinski definition) is 0. The third kappa shape index (κ3) is 2.25. The maximum Gasteiger partial charge on any atom is 0.282 e. The van der Waals surface area contributed by atoms with Gasteiger partial charge in [0.05, 0.1) is 14.1 Å². The van der Waals surface area contributed by atoms with Gasteiger partial charge < -0.3 is 4.90 Å². The molecule has 3 nitrogen and oxygen atoms in total. The Morgan fingerprint density at radius 2 is 1.30 bits per heavy atom. The lowest BCUT2D eigenvalue weighted by Gasteiger charge is -2.31. The monoisotopic (exact) mass is 352 g/mol. The molecule has 0 radical (unpaired) electrons. The van der Waals surface area contributed by atoms with Crippen LogP contribution in [0.1, 0.15) is 17.0 Å². The van der Waals surface area contributed by atoms with Crippen molar-refractivity contribution < 1.29 is 4.57 Å². The van der Waals surface area contributed by atoms with E-state index in [9.17, 15) is 0 Å². The average molecular weight is 352 g/mol. The largest absolute Gasteiger partial charge is 0.344 e. The molecule has 1 aliphatic rings. The molecule has 4 aromatic rings. The van der Waals surface area contributed by atoms with E-state index in [1.807, 2.05) is 0 Å². The SMILES string of the molecule is CN1c2ccccc2C(=Cc2n(C)c3ccccc3[n+]2C)c2ccccc21. The zero-order valence-corrected chi connectivity index (χ0v) is 15.8. The Hall–Kier alpha value is -3.33. The number of benzene rings is 3. The third-order valence-electron chi connectivity index (χ3n) is 5.68. The minimum atomic E-state index is 1.18. The number of rotatable bonds is 1. The van der Waals surface area contributed by atoms with Gasteiger partial charge in [-0.1, -0.05) is 48.5 Å². The highest BCUT2D eigenvalue weighted by Crippen LogP contribution is 2.44. The van der Waals surface area contributed by atoms with Crippen LogP contribution in [0.15, 0.2) is 72.8 Å². The molecular formula is C24H22N3+. The molecular weight excluding hydrogens is 330 g/mol. The van der Waals surface area contributed by atoms with Gasteiger partial charge in [-0.2, -0.15) is 0 Å². The lowest BCUT2D eigenvalue weighted by Crippen LogP contribution is -2.31. The van der Waals surface area contributed by atoms with Crippen molar-refractivity contribution in [1.29, 1.82) is 0 Å². The molecule has 27 heavy (non-hydrogen) atoms. The fourth-order valence-electron chi connectivity index (χ4n) is 4.24. The van der Waals surface area contributed by atoms with E-state index in [1.54, 1.807) is 0 Å². The number of anilines is 2. The standard InChI is InChI=1S/C24H22N3/c1-25-20-12-6-4-10-17(20)19(18-11-5-7-13-21(18)25)16-24-26(2)22-14-8-9-15-23(22)27(24)3/h4-16H,1-3H3/q+1. The second kappa shape index (κ2) is 5.85. The summed E-state index contributed by atoms with van der Waals surface area (Å²) in [5.41, 5.74) is 8.75. The summed E-state index contributed by atoms with van der Waals surface area (Å²) in [5.74, 6) is 1.18. The first-order valence-corrected chi connectivity index (χ1v) is 9.24. The van der Waals surface area contributed by atoms with Crippen LogP contribution in [0.3, 0.4) is 0 Å². The number of para-hydroxylation sites is 4. The van der Waals surface area contributed by atoms with Crippen molar-refractivity contribution >= 4 is 34.1 Å². The van der Waals surface area contributed by atoms with E-state index in [2.05, 4.69) is 114 Å². The highest BCUT2D eigenvalue weighted by atomic mass is 15.1. The molecule has 0 atom stereocenters. The van der Waals surface area contributed by atoms with E-state index in [1.165, 1.54) is 44.9 Å². The second-order valence-electron chi connectivity index (χ2n) is 7.12. The average Bonchev–Trinajstić information content (AvgIpc) is 2.96. The first-order valence-electron chi connectivity index (χ1n) is 9.24. The minimum Gasteiger partial charge on any atom is -0.344 e. The first-order chi connectivity index (χ1) is 13.2. The maximum absolute atomic E-state index is 2.32. The van der Waals surface area contributed by atoms with Crippen molar-refractivity contribution in [3.05, 3.63) is 89.7 Å². The van der Waals surface area contributed by atoms with E-state index >= 15 is 0 Å². The number of fused-ring (bicyclic) bond motifs is 3. The zero-order valence-electron chi connectivity index (χ0n) is 15.8. The van der Waals surface area contributed by atoms with E-state index in [4.69, 9.17) is 0 Å². The van der Waals surface area contributed by atoms with Gasteiger partial charge >= 0.3 is 0 Å². The van der Waals surface area contributed by atoms with Crippen molar-refractivity contribution in [2.75, 3.05) is 11.9 Å². The van der Waals surface area contributed by atoms with Crippen LogP contribution in [0.2, 0.25) is 0 Å². The molecule has 1 aliphatic heterocycles. The number of imidazole rings is 1. The van der Waals surface area contributed by atoms with Crippen LogP contribution in [0.4, 0.5) is 11.4 Å². The van der Waals surface area contributed by atoms with Crippen LogP contribution < -0.4 is 9.47 Å². The Labute approximate surface area is 159 Å². The second-order valence-corrected chi connectivity index (χ2v) is 7.12. The van der Waals surface area contributed by atoms with E-state index in [0.29, 0.717) is 0 Å². The highest BCUT2D eigenvalue weighted by Gasteiger charge is 2.26. The van der Waals surface area contributed by atoms with Gasteiger partial charge in [-0.25, -0.2) is 9.13 Å². The van der Waals surface area contributed by atoms with Gasteiger partial charge in [-0.05, 0) is 24.3 Å². The number of hydrogen-bond acceptors (Lipinski definition) is 1. The topological polar surface area (TPSA) is 12.1 Å². The molecule has 0 N–H and O–H groups in total. The third-order valence-corrected chi connectivity index (χ3v) is 5.68. The summed E-state index contributed by atoms with van der Waals surface area (Å²) in [6.45, 7) is 0. The van der Waals surface area contributed by atoms with Crippen LogP contribution in [-0.2, 0) is 14.1 Å². The smallest absolute Gasteiger partial charge is 0.282 e. The van der Waals surface area contributed by atoms with Crippen LogP contribution >= 0.6 is 0 Å². The highest BCUT2D eigenvalue weighted by molar-refractivity contribution is 6.03. The van der Waals surface area contributed by atoms with Crippen LogP contribution in [0, 0.1) is 0 Å². The Morgan fingerprint density at radius 1 is 0.741 bits per heavy atom. The Morgan fingerprint density at radius 3 is 1.93 bits per heavy atom. The summed E-state index contributed by atoms with van der Waals surface area (Å²) >= 11 is 0. The molecule has 0 saturated carbocycles. The predicted octanol–water partition coefficient (Wildman–Crippen LogP) is 4.67. The Balaban J connectivity index is 1.83. The van der Waals surface area contributed by atoms with Crippen LogP contribution in [0.5, 0.6) is 0 Å². The minimum absolute atomic E-state index is 1.18. The molecule has 132 valence electrons. The molecule has 0 fully saturated rings. The summed E-state index contributed by atoms with van der Waals surface area (Å²) in [6.07, 6.45) is 2.32. The van der Waals surface area contributed by atoms with Crippen LogP contribution in [0.25, 0.3) is 22.7 Å². The molecule has 0 spiro atoms. The zero-order chi connectivity index (χ0) is 18.5. The van der Waals surface area contributed by atoms with Gasteiger partial charge in [-0.15, -0.1) is 0 Å². The molecule has 3 heteroatoms. The van der Waals surface area contributed by atoms with Crippen LogP contribution in [-0.4, -0.2) is 11.6 Å². The lowest BCUT2D eigenvalue weighted by atomic mass is 9.90. The molecule has 1 aromatic heterocycles. The Bertz CT molecular complexity index is 1130. The maximum atomic E-state index is 2.32.